The maximum Gasteiger partial charge on any atom is 0.255 e. The highest BCUT2D eigenvalue weighted by molar-refractivity contribution is 6.32. The molecular weight excluding hydrogens is 336 g/mol. The minimum Gasteiger partial charge on any atom is -0.492 e. The van der Waals surface area contributed by atoms with Gasteiger partial charge in [0.1, 0.15) is 5.75 Å². The van der Waals surface area contributed by atoms with Crippen LogP contribution in [0.4, 0.5) is 11.4 Å². The third-order valence-electron chi connectivity index (χ3n) is 4.34. The standard InChI is InChI=1S/C20H23ClN2O2/c1-2-25-19-11-6-15(14-18(19)21)20(24)22-16-7-9-17(10-8-16)23-12-4-3-5-13-23/h6-11,14H,2-5,12-13H2,1H3,(H,22,24). The number of amides is 1. The third-order valence-corrected chi connectivity index (χ3v) is 4.64. The van der Waals surface area contributed by atoms with Gasteiger partial charge in [-0.15, -0.1) is 0 Å². The van der Waals surface area contributed by atoms with Crippen molar-refractivity contribution in [2.24, 2.45) is 0 Å². The van der Waals surface area contributed by atoms with Gasteiger partial charge in [0.05, 0.1) is 11.6 Å². The first kappa shape index (κ1) is 17.6. The van der Waals surface area contributed by atoms with Crippen LogP contribution in [0.5, 0.6) is 5.75 Å². The van der Waals surface area contributed by atoms with Crippen LogP contribution in [0.1, 0.15) is 36.5 Å². The molecule has 3 rings (SSSR count). The molecule has 2 aromatic rings. The molecule has 2 aromatic carbocycles. The monoisotopic (exact) mass is 358 g/mol. The lowest BCUT2D eigenvalue weighted by atomic mass is 10.1. The van der Waals surface area contributed by atoms with E-state index in [-0.39, 0.29) is 5.91 Å². The lowest BCUT2D eigenvalue weighted by Crippen LogP contribution is -2.29. The predicted molar refractivity (Wildman–Crippen MR) is 103 cm³/mol. The second-order valence-corrected chi connectivity index (χ2v) is 6.53. The maximum atomic E-state index is 12.4. The SMILES string of the molecule is CCOc1ccc(C(=O)Nc2ccc(N3CCCCC3)cc2)cc1Cl. The van der Waals surface area contributed by atoms with Crippen LogP contribution in [-0.4, -0.2) is 25.6 Å². The first-order valence-electron chi connectivity index (χ1n) is 8.76. The Bertz CT molecular complexity index is 725. The molecule has 0 unspecified atom stereocenters. The van der Waals surface area contributed by atoms with Gasteiger partial charge in [0.15, 0.2) is 0 Å². The number of hydrogen-bond acceptors (Lipinski definition) is 3. The number of rotatable bonds is 5. The Hall–Kier alpha value is -2.20. The van der Waals surface area contributed by atoms with Crippen LogP contribution in [0.15, 0.2) is 42.5 Å². The van der Waals surface area contributed by atoms with Gasteiger partial charge < -0.3 is 15.0 Å². The van der Waals surface area contributed by atoms with Crippen LogP contribution in [0.2, 0.25) is 5.02 Å². The lowest BCUT2D eigenvalue weighted by Gasteiger charge is -2.28. The number of anilines is 2. The first-order valence-corrected chi connectivity index (χ1v) is 9.14. The van der Waals surface area contributed by atoms with Gasteiger partial charge in [0.2, 0.25) is 0 Å². The fraction of sp³-hybridized carbons (Fsp3) is 0.350. The van der Waals surface area contributed by atoms with Gasteiger partial charge in [-0.2, -0.15) is 0 Å². The minimum atomic E-state index is -0.185. The Balaban J connectivity index is 1.65. The molecule has 0 spiro atoms. The van der Waals surface area contributed by atoms with Crippen LogP contribution in [0.3, 0.4) is 0 Å². The molecule has 0 radical (unpaired) electrons. The van der Waals surface area contributed by atoms with Gasteiger partial charge >= 0.3 is 0 Å². The summed E-state index contributed by atoms with van der Waals surface area (Å²) in [5.74, 6) is 0.405. The number of carbonyl (C=O) groups is 1. The van der Waals surface area contributed by atoms with Crippen molar-refractivity contribution in [3.05, 3.63) is 53.1 Å². The molecule has 1 aliphatic rings. The summed E-state index contributed by atoms with van der Waals surface area (Å²) in [7, 11) is 0. The second-order valence-electron chi connectivity index (χ2n) is 6.13. The predicted octanol–water partition coefficient (Wildman–Crippen LogP) is 4.98. The van der Waals surface area contributed by atoms with Crippen LogP contribution < -0.4 is 15.0 Å². The minimum absolute atomic E-state index is 0.185. The molecule has 0 bridgehead atoms. The van der Waals surface area contributed by atoms with E-state index in [0.29, 0.717) is 22.9 Å². The Morgan fingerprint density at radius 1 is 1.12 bits per heavy atom. The molecule has 1 fully saturated rings. The average Bonchev–Trinajstić information content (AvgIpc) is 2.65. The highest BCUT2D eigenvalue weighted by Gasteiger charge is 2.12. The molecule has 5 heteroatoms. The van der Waals surface area contributed by atoms with Gasteiger partial charge in [-0.05, 0) is 68.7 Å². The molecule has 1 saturated heterocycles. The molecule has 0 aromatic heterocycles. The number of ether oxygens (including phenoxy) is 1. The quantitative estimate of drug-likeness (QED) is 0.819. The van der Waals surface area contributed by atoms with E-state index in [9.17, 15) is 4.79 Å². The molecule has 1 amide bonds. The van der Waals surface area contributed by atoms with Crippen LogP contribution in [0, 0.1) is 0 Å². The number of nitrogens with zero attached hydrogens (tertiary/aromatic N) is 1. The summed E-state index contributed by atoms with van der Waals surface area (Å²) < 4.78 is 5.39. The zero-order valence-corrected chi connectivity index (χ0v) is 15.2. The Morgan fingerprint density at radius 2 is 1.84 bits per heavy atom. The zero-order chi connectivity index (χ0) is 17.6. The van der Waals surface area contributed by atoms with Crippen molar-refractivity contribution >= 4 is 28.9 Å². The highest BCUT2D eigenvalue weighted by Crippen LogP contribution is 2.26. The van der Waals surface area contributed by atoms with Crippen molar-refractivity contribution in [1.29, 1.82) is 0 Å². The zero-order valence-electron chi connectivity index (χ0n) is 14.4. The van der Waals surface area contributed by atoms with Crippen LogP contribution >= 0.6 is 11.6 Å². The number of hydrogen-bond donors (Lipinski definition) is 1. The first-order chi connectivity index (χ1) is 12.2. The normalized spacial score (nSPS) is 14.2. The number of benzene rings is 2. The van der Waals surface area contributed by atoms with Gasteiger partial charge in [-0.25, -0.2) is 0 Å². The van der Waals surface area contributed by atoms with E-state index >= 15 is 0 Å². The van der Waals surface area contributed by atoms with Crippen molar-refractivity contribution in [1.82, 2.24) is 0 Å². The van der Waals surface area contributed by atoms with Gasteiger partial charge in [0.25, 0.3) is 5.91 Å². The molecule has 1 N–H and O–H groups in total. The summed E-state index contributed by atoms with van der Waals surface area (Å²) >= 11 is 6.15. The maximum absolute atomic E-state index is 12.4. The fourth-order valence-corrected chi connectivity index (χ4v) is 3.26. The Kier molecular flexibility index (Phi) is 5.82. The molecule has 0 saturated carbocycles. The highest BCUT2D eigenvalue weighted by atomic mass is 35.5. The molecule has 132 valence electrons. The van der Waals surface area contributed by atoms with Gasteiger partial charge in [-0.3, -0.25) is 4.79 Å². The molecule has 1 heterocycles. The van der Waals surface area contributed by atoms with E-state index in [1.807, 2.05) is 19.1 Å². The van der Waals surface area contributed by atoms with E-state index in [4.69, 9.17) is 16.3 Å². The lowest BCUT2D eigenvalue weighted by molar-refractivity contribution is 0.102. The van der Waals surface area contributed by atoms with E-state index in [0.717, 1.165) is 18.8 Å². The van der Waals surface area contributed by atoms with E-state index in [1.165, 1.54) is 24.9 Å². The largest absolute Gasteiger partial charge is 0.492 e. The van der Waals surface area contributed by atoms with Crippen molar-refractivity contribution in [2.75, 3.05) is 29.9 Å². The van der Waals surface area contributed by atoms with E-state index < -0.39 is 0 Å². The topological polar surface area (TPSA) is 41.6 Å². The number of carbonyl (C=O) groups excluding carboxylic acids is 1. The van der Waals surface area contributed by atoms with Gasteiger partial charge in [0, 0.05) is 30.0 Å². The van der Waals surface area contributed by atoms with Gasteiger partial charge in [-0.1, -0.05) is 11.6 Å². The van der Waals surface area contributed by atoms with Crippen LogP contribution in [0.25, 0.3) is 0 Å². The molecule has 1 aliphatic heterocycles. The molecule has 4 nitrogen and oxygen atoms in total. The number of piperidine rings is 1. The van der Waals surface area contributed by atoms with Crippen molar-refractivity contribution in [3.63, 3.8) is 0 Å². The summed E-state index contributed by atoms with van der Waals surface area (Å²) in [5, 5.41) is 3.35. The summed E-state index contributed by atoms with van der Waals surface area (Å²) in [4.78, 5) is 14.8. The molecule has 0 aliphatic carbocycles. The summed E-state index contributed by atoms with van der Waals surface area (Å²) in [6.07, 6.45) is 3.81. The van der Waals surface area contributed by atoms with Crippen molar-refractivity contribution < 1.29 is 9.53 Å². The third kappa shape index (κ3) is 4.45. The fourth-order valence-electron chi connectivity index (χ4n) is 3.03. The smallest absolute Gasteiger partial charge is 0.255 e. The van der Waals surface area contributed by atoms with Crippen molar-refractivity contribution in [3.8, 4) is 5.75 Å². The number of halogens is 1. The van der Waals surface area contributed by atoms with Crippen LogP contribution in [-0.2, 0) is 0 Å². The molecular formula is C20H23ClN2O2. The van der Waals surface area contributed by atoms with E-state index in [2.05, 4.69) is 22.3 Å². The number of nitrogens with one attached hydrogen (secondary N) is 1. The average molecular weight is 359 g/mol. The Morgan fingerprint density at radius 3 is 2.48 bits per heavy atom. The summed E-state index contributed by atoms with van der Waals surface area (Å²) in [5.41, 5.74) is 2.49. The Labute approximate surface area is 153 Å². The van der Waals surface area contributed by atoms with E-state index in [1.54, 1.807) is 18.2 Å². The summed E-state index contributed by atoms with van der Waals surface area (Å²) in [6, 6.07) is 13.1. The molecule has 0 atom stereocenters. The summed E-state index contributed by atoms with van der Waals surface area (Å²) in [6.45, 7) is 4.64. The second kappa shape index (κ2) is 8.26. The molecule has 25 heavy (non-hydrogen) atoms. The van der Waals surface area contributed by atoms with Crippen molar-refractivity contribution in [2.45, 2.75) is 26.2 Å².